The zero-order chi connectivity index (χ0) is 9.76. The highest BCUT2D eigenvalue weighted by Gasteiger charge is 2.51. The Morgan fingerprint density at radius 1 is 1.36 bits per heavy atom. The molecule has 0 N–H and O–H groups in total. The third-order valence-electron chi connectivity index (χ3n) is 2.65. The lowest BCUT2D eigenvalue weighted by molar-refractivity contribution is -0.179. The van der Waals surface area contributed by atoms with Crippen molar-refractivity contribution in [3.8, 4) is 0 Å². The summed E-state index contributed by atoms with van der Waals surface area (Å²) in [6.45, 7) is 0.949. The summed E-state index contributed by atoms with van der Waals surface area (Å²) in [6.07, 6.45) is 0. The minimum Gasteiger partial charge on any atom is -0.446 e. The number of hydrogen-bond acceptors (Lipinski definition) is 3. The fourth-order valence-corrected chi connectivity index (χ4v) is 2.22. The molecule has 0 radical (unpaired) electrons. The molecule has 4 heteroatoms. The molecule has 0 atom stereocenters. The van der Waals surface area contributed by atoms with E-state index in [4.69, 9.17) is 9.47 Å². The first-order valence-corrected chi connectivity index (χ1v) is 5.12. The van der Waals surface area contributed by atoms with Crippen LogP contribution in [0, 0.1) is 0 Å². The minimum absolute atomic E-state index is 0.240. The van der Waals surface area contributed by atoms with E-state index in [0.717, 1.165) is 10.0 Å². The van der Waals surface area contributed by atoms with Gasteiger partial charge in [-0.05, 0) is 18.2 Å². The van der Waals surface area contributed by atoms with Gasteiger partial charge in [0.25, 0.3) is 0 Å². The van der Waals surface area contributed by atoms with Crippen LogP contribution in [0.1, 0.15) is 15.9 Å². The molecule has 0 aromatic heterocycles. The molecule has 14 heavy (non-hydrogen) atoms. The van der Waals surface area contributed by atoms with Gasteiger partial charge in [-0.15, -0.1) is 0 Å². The predicted octanol–water partition coefficient (Wildman–Crippen LogP) is 1.85. The van der Waals surface area contributed by atoms with Crippen LogP contribution in [0.3, 0.4) is 0 Å². The van der Waals surface area contributed by atoms with E-state index in [0.29, 0.717) is 18.8 Å². The normalized spacial score (nSPS) is 21.6. The molecule has 0 aliphatic carbocycles. The molecule has 0 bridgehead atoms. The SMILES string of the molecule is O=C1OC2(COC2)c2cc(Br)ccc21. The van der Waals surface area contributed by atoms with Gasteiger partial charge in [0.05, 0.1) is 18.8 Å². The molecule has 3 nitrogen and oxygen atoms in total. The quantitative estimate of drug-likeness (QED) is 0.663. The van der Waals surface area contributed by atoms with Crippen molar-refractivity contribution in [1.29, 1.82) is 0 Å². The van der Waals surface area contributed by atoms with Gasteiger partial charge in [0.2, 0.25) is 0 Å². The van der Waals surface area contributed by atoms with Gasteiger partial charge in [0, 0.05) is 10.0 Å². The molecule has 1 saturated heterocycles. The number of halogens is 1. The Bertz CT molecular complexity index is 423. The molecule has 2 aliphatic heterocycles. The first kappa shape index (κ1) is 8.44. The zero-order valence-electron chi connectivity index (χ0n) is 7.25. The largest absolute Gasteiger partial charge is 0.446 e. The summed E-state index contributed by atoms with van der Waals surface area (Å²) in [6, 6.07) is 5.57. The van der Waals surface area contributed by atoms with Crippen LogP contribution in [-0.4, -0.2) is 19.2 Å². The van der Waals surface area contributed by atoms with Gasteiger partial charge in [-0.3, -0.25) is 0 Å². The Labute approximate surface area is 89.1 Å². The van der Waals surface area contributed by atoms with Crippen LogP contribution in [0.2, 0.25) is 0 Å². The Morgan fingerprint density at radius 3 is 2.79 bits per heavy atom. The van der Waals surface area contributed by atoms with Crippen LogP contribution in [0.25, 0.3) is 0 Å². The van der Waals surface area contributed by atoms with Crippen molar-refractivity contribution in [2.45, 2.75) is 5.60 Å². The number of carbonyl (C=O) groups is 1. The highest BCUT2D eigenvalue weighted by Crippen LogP contribution is 2.42. The maximum Gasteiger partial charge on any atom is 0.339 e. The lowest BCUT2D eigenvalue weighted by atomic mass is 9.91. The van der Waals surface area contributed by atoms with Gasteiger partial charge in [0.1, 0.15) is 0 Å². The summed E-state index contributed by atoms with van der Waals surface area (Å²) < 4.78 is 11.4. The maximum absolute atomic E-state index is 11.5. The van der Waals surface area contributed by atoms with E-state index in [1.807, 2.05) is 12.1 Å². The average molecular weight is 255 g/mol. The van der Waals surface area contributed by atoms with Crippen molar-refractivity contribution in [3.63, 3.8) is 0 Å². The van der Waals surface area contributed by atoms with Gasteiger partial charge in [-0.2, -0.15) is 0 Å². The lowest BCUT2D eigenvalue weighted by Gasteiger charge is -2.36. The maximum atomic E-state index is 11.5. The molecule has 2 aliphatic rings. The zero-order valence-corrected chi connectivity index (χ0v) is 8.83. The summed E-state index contributed by atoms with van der Waals surface area (Å²) in [7, 11) is 0. The second-order valence-electron chi connectivity index (χ2n) is 3.57. The van der Waals surface area contributed by atoms with Crippen molar-refractivity contribution in [2.75, 3.05) is 13.2 Å². The Morgan fingerprint density at radius 2 is 2.14 bits per heavy atom. The molecule has 1 fully saturated rings. The van der Waals surface area contributed by atoms with Gasteiger partial charge in [0.15, 0.2) is 5.60 Å². The van der Waals surface area contributed by atoms with Crippen molar-refractivity contribution < 1.29 is 14.3 Å². The van der Waals surface area contributed by atoms with E-state index in [1.165, 1.54) is 0 Å². The highest BCUT2D eigenvalue weighted by atomic mass is 79.9. The van der Waals surface area contributed by atoms with E-state index < -0.39 is 5.60 Å². The number of fused-ring (bicyclic) bond motifs is 2. The van der Waals surface area contributed by atoms with Crippen LogP contribution in [0.15, 0.2) is 22.7 Å². The van der Waals surface area contributed by atoms with Crippen molar-refractivity contribution in [3.05, 3.63) is 33.8 Å². The molecular formula is C10H7BrO3. The highest BCUT2D eigenvalue weighted by molar-refractivity contribution is 9.10. The molecule has 0 saturated carbocycles. The Balaban J connectivity index is 2.20. The third-order valence-corrected chi connectivity index (χ3v) is 3.14. The molecule has 0 amide bonds. The average Bonchev–Trinajstić information content (AvgIpc) is 2.38. The number of benzene rings is 1. The van der Waals surface area contributed by atoms with Gasteiger partial charge < -0.3 is 9.47 Å². The van der Waals surface area contributed by atoms with Crippen LogP contribution < -0.4 is 0 Å². The molecule has 2 heterocycles. The second kappa shape index (κ2) is 2.58. The number of ether oxygens (including phenoxy) is 2. The number of hydrogen-bond donors (Lipinski definition) is 0. The molecule has 1 aromatic rings. The van der Waals surface area contributed by atoms with Crippen molar-refractivity contribution >= 4 is 21.9 Å². The summed E-state index contributed by atoms with van der Waals surface area (Å²) in [4.78, 5) is 11.5. The first-order valence-electron chi connectivity index (χ1n) is 4.32. The first-order chi connectivity index (χ1) is 6.71. The fraction of sp³-hybridized carbons (Fsp3) is 0.300. The van der Waals surface area contributed by atoms with Crippen LogP contribution in [-0.2, 0) is 15.1 Å². The van der Waals surface area contributed by atoms with Gasteiger partial charge >= 0.3 is 5.97 Å². The predicted molar refractivity (Wildman–Crippen MR) is 52.1 cm³/mol. The smallest absolute Gasteiger partial charge is 0.339 e. The second-order valence-corrected chi connectivity index (χ2v) is 4.48. The Kier molecular flexibility index (Phi) is 1.56. The molecule has 0 unspecified atom stereocenters. The Hall–Kier alpha value is -0.870. The van der Waals surface area contributed by atoms with E-state index in [9.17, 15) is 4.79 Å². The van der Waals surface area contributed by atoms with Crippen LogP contribution >= 0.6 is 15.9 Å². The fourth-order valence-electron chi connectivity index (χ4n) is 1.86. The molecule has 1 aromatic carbocycles. The molecule has 3 rings (SSSR count). The summed E-state index contributed by atoms with van der Waals surface area (Å²) in [5.41, 5.74) is 1.12. The van der Waals surface area contributed by atoms with E-state index in [1.54, 1.807) is 6.07 Å². The third kappa shape index (κ3) is 0.925. The minimum atomic E-state index is -0.490. The van der Waals surface area contributed by atoms with Gasteiger partial charge in [-0.1, -0.05) is 15.9 Å². The summed E-state index contributed by atoms with van der Waals surface area (Å²) in [5.74, 6) is -0.240. The van der Waals surface area contributed by atoms with Crippen molar-refractivity contribution in [1.82, 2.24) is 0 Å². The summed E-state index contributed by atoms with van der Waals surface area (Å²) >= 11 is 3.38. The number of esters is 1. The standard InChI is InChI=1S/C10H7BrO3/c11-6-1-2-7-8(3-6)10(4-13-5-10)14-9(7)12/h1-3H,4-5H2. The van der Waals surface area contributed by atoms with E-state index in [2.05, 4.69) is 15.9 Å². The molecule has 1 spiro atoms. The van der Waals surface area contributed by atoms with Crippen molar-refractivity contribution in [2.24, 2.45) is 0 Å². The topological polar surface area (TPSA) is 35.5 Å². The van der Waals surface area contributed by atoms with Crippen LogP contribution in [0.4, 0.5) is 0 Å². The lowest BCUT2D eigenvalue weighted by Crippen LogP contribution is -2.46. The number of carbonyl (C=O) groups excluding carboxylic acids is 1. The van der Waals surface area contributed by atoms with E-state index in [-0.39, 0.29) is 5.97 Å². The van der Waals surface area contributed by atoms with E-state index >= 15 is 0 Å². The molecular weight excluding hydrogens is 248 g/mol. The van der Waals surface area contributed by atoms with Gasteiger partial charge in [-0.25, -0.2) is 4.79 Å². The number of rotatable bonds is 0. The molecule has 72 valence electrons. The van der Waals surface area contributed by atoms with Crippen LogP contribution in [0.5, 0.6) is 0 Å². The monoisotopic (exact) mass is 254 g/mol. The summed E-state index contributed by atoms with van der Waals surface area (Å²) in [5, 5.41) is 0.